The molecule has 1 aliphatic heterocycles. The Balaban J connectivity index is 1.53. The molecule has 6 nitrogen and oxygen atoms in total. The van der Waals surface area contributed by atoms with Gasteiger partial charge in [-0.15, -0.1) is 0 Å². The summed E-state index contributed by atoms with van der Waals surface area (Å²) in [4.78, 5) is 16.6. The van der Waals surface area contributed by atoms with E-state index in [1.807, 2.05) is 24.3 Å². The first-order valence-corrected chi connectivity index (χ1v) is 7.83. The SMILES string of the molecule is O=[N+]([O-])c1ccc(N2CC[C@H](NCc3ccc(Cl)cc3)C2)nc1. The smallest absolute Gasteiger partial charge is 0.287 e. The van der Waals surface area contributed by atoms with E-state index < -0.39 is 4.92 Å². The first-order valence-electron chi connectivity index (χ1n) is 7.45. The van der Waals surface area contributed by atoms with Crippen LogP contribution in [-0.4, -0.2) is 29.0 Å². The van der Waals surface area contributed by atoms with Crippen molar-refractivity contribution in [2.24, 2.45) is 0 Å². The van der Waals surface area contributed by atoms with Crippen LogP contribution in [0.4, 0.5) is 11.5 Å². The number of aromatic nitrogens is 1. The standard InChI is InChI=1S/C16H17ClN4O2/c17-13-3-1-12(2-4-13)9-18-14-7-8-20(11-14)16-6-5-15(10-19-16)21(22)23/h1-6,10,14,18H,7-9,11H2/t14-/m0/s1. The second-order valence-electron chi connectivity index (χ2n) is 5.57. The van der Waals surface area contributed by atoms with Crippen molar-refractivity contribution in [3.05, 3.63) is 63.3 Å². The molecule has 120 valence electrons. The number of hydrogen-bond acceptors (Lipinski definition) is 5. The van der Waals surface area contributed by atoms with Crippen molar-refractivity contribution in [3.63, 3.8) is 0 Å². The van der Waals surface area contributed by atoms with E-state index >= 15 is 0 Å². The zero-order valence-corrected chi connectivity index (χ0v) is 13.2. The molecule has 1 saturated heterocycles. The Kier molecular flexibility index (Phi) is 4.73. The minimum atomic E-state index is -0.433. The normalized spacial score (nSPS) is 17.4. The van der Waals surface area contributed by atoms with Crippen LogP contribution in [0.2, 0.25) is 5.02 Å². The van der Waals surface area contributed by atoms with Gasteiger partial charge in [-0.3, -0.25) is 10.1 Å². The number of pyridine rings is 1. The Morgan fingerprint density at radius 1 is 1.30 bits per heavy atom. The second kappa shape index (κ2) is 6.93. The number of rotatable bonds is 5. The van der Waals surface area contributed by atoms with Crippen LogP contribution >= 0.6 is 11.6 Å². The minimum Gasteiger partial charge on any atom is -0.355 e. The summed E-state index contributed by atoms with van der Waals surface area (Å²) in [6, 6.07) is 11.4. The summed E-state index contributed by atoms with van der Waals surface area (Å²) in [7, 11) is 0. The van der Waals surface area contributed by atoms with Crippen molar-refractivity contribution in [1.29, 1.82) is 0 Å². The first-order chi connectivity index (χ1) is 11.1. The molecule has 1 fully saturated rings. The second-order valence-corrected chi connectivity index (χ2v) is 6.01. The number of halogens is 1. The highest BCUT2D eigenvalue weighted by Crippen LogP contribution is 2.20. The molecule has 1 aliphatic rings. The van der Waals surface area contributed by atoms with Gasteiger partial charge in [-0.2, -0.15) is 0 Å². The average molecular weight is 333 g/mol. The summed E-state index contributed by atoms with van der Waals surface area (Å²) in [5, 5.41) is 14.9. The van der Waals surface area contributed by atoms with Crippen molar-refractivity contribution in [3.8, 4) is 0 Å². The molecule has 0 unspecified atom stereocenters. The summed E-state index contributed by atoms with van der Waals surface area (Å²) >= 11 is 5.88. The van der Waals surface area contributed by atoms with E-state index in [0.29, 0.717) is 6.04 Å². The summed E-state index contributed by atoms with van der Waals surface area (Å²) < 4.78 is 0. The van der Waals surface area contributed by atoms with Gasteiger partial charge in [-0.05, 0) is 30.2 Å². The molecule has 1 aromatic carbocycles. The van der Waals surface area contributed by atoms with Gasteiger partial charge in [-0.25, -0.2) is 4.98 Å². The van der Waals surface area contributed by atoms with E-state index in [0.717, 1.165) is 36.9 Å². The average Bonchev–Trinajstić information content (AvgIpc) is 3.03. The maximum Gasteiger partial charge on any atom is 0.287 e. The van der Waals surface area contributed by atoms with Crippen molar-refractivity contribution in [2.45, 2.75) is 19.0 Å². The molecule has 0 spiro atoms. The number of anilines is 1. The lowest BCUT2D eigenvalue weighted by atomic mass is 10.2. The van der Waals surface area contributed by atoms with Gasteiger partial charge < -0.3 is 10.2 Å². The van der Waals surface area contributed by atoms with E-state index in [1.54, 1.807) is 6.07 Å². The van der Waals surface area contributed by atoms with Crippen molar-refractivity contribution in [2.75, 3.05) is 18.0 Å². The lowest BCUT2D eigenvalue weighted by molar-refractivity contribution is -0.385. The van der Waals surface area contributed by atoms with Crippen molar-refractivity contribution >= 4 is 23.1 Å². The fourth-order valence-corrected chi connectivity index (χ4v) is 2.80. The summed E-state index contributed by atoms with van der Waals surface area (Å²) in [6.07, 6.45) is 2.33. The maximum atomic E-state index is 10.7. The monoisotopic (exact) mass is 332 g/mol. The Labute approximate surface area is 139 Å². The molecule has 3 rings (SSSR count). The van der Waals surface area contributed by atoms with Gasteiger partial charge in [0, 0.05) is 36.8 Å². The fraction of sp³-hybridized carbons (Fsp3) is 0.312. The number of benzene rings is 1. The van der Waals surface area contributed by atoms with E-state index in [1.165, 1.54) is 17.8 Å². The van der Waals surface area contributed by atoms with Gasteiger partial charge in [0.2, 0.25) is 0 Å². The molecular weight excluding hydrogens is 316 g/mol. The summed E-state index contributed by atoms with van der Waals surface area (Å²) in [5.74, 6) is 0.784. The zero-order chi connectivity index (χ0) is 16.2. The molecule has 2 heterocycles. The molecule has 0 bridgehead atoms. The third kappa shape index (κ3) is 3.97. The third-order valence-corrected chi connectivity index (χ3v) is 4.22. The van der Waals surface area contributed by atoms with E-state index in [-0.39, 0.29) is 5.69 Å². The molecule has 7 heteroatoms. The Morgan fingerprint density at radius 3 is 2.74 bits per heavy atom. The predicted molar refractivity (Wildman–Crippen MR) is 89.8 cm³/mol. The highest BCUT2D eigenvalue weighted by atomic mass is 35.5. The Bertz CT molecular complexity index is 675. The highest BCUT2D eigenvalue weighted by Gasteiger charge is 2.23. The minimum absolute atomic E-state index is 0.0189. The van der Waals surface area contributed by atoms with Gasteiger partial charge in [0.25, 0.3) is 5.69 Å². The first kappa shape index (κ1) is 15.7. The van der Waals surface area contributed by atoms with Crippen LogP contribution < -0.4 is 10.2 Å². The molecule has 2 aromatic rings. The van der Waals surface area contributed by atoms with Gasteiger partial charge >= 0.3 is 0 Å². The summed E-state index contributed by atoms with van der Waals surface area (Å²) in [6.45, 7) is 2.53. The molecule has 1 N–H and O–H groups in total. The zero-order valence-electron chi connectivity index (χ0n) is 12.5. The van der Waals surface area contributed by atoms with Crippen molar-refractivity contribution in [1.82, 2.24) is 10.3 Å². The number of hydrogen-bond donors (Lipinski definition) is 1. The maximum absolute atomic E-state index is 10.7. The van der Waals surface area contributed by atoms with Crippen molar-refractivity contribution < 1.29 is 4.92 Å². The predicted octanol–water partition coefficient (Wildman–Crippen LogP) is 3.01. The van der Waals surface area contributed by atoms with E-state index in [9.17, 15) is 10.1 Å². The Morgan fingerprint density at radius 2 is 2.09 bits per heavy atom. The largest absolute Gasteiger partial charge is 0.355 e. The fourth-order valence-electron chi connectivity index (χ4n) is 2.67. The summed E-state index contributed by atoms with van der Waals surface area (Å²) in [5.41, 5.74) is 1.21. The molecule has 0 aliphatic carbocycles. The lowest BCUT2D eigenvalue weighted by Crippen LogP contribution is -2.32. The number of nitrogens with one attached hydrogen (secondary N) is 1. The third-order valence-electron chi connectivity index (χ3n) is 3.96. The molecule has 1 atom stereocenters. The van der Waals surface area contributed by atoms with Gasteiger partial charge in [0.05, 0.1) is 4.92 Å². The molecule has 23 heavy (non-hydrogen) atoms. The quantitative estimate of drug-likeness (QED) is 0.673. The van der Waals surface area contributed by atoms with Gasteiger partial charge in [0.15, 0.2) is 0 Å². The molecule has 0 amide bonds. The van der Waals surface area contributed by atoms with Crippen LogP contribution in [0.5, 0.6) is 0 Å². The Hall–Kier alpha value is -2.18. The van der Waals surface area contributed by atoms with Gasteiger partial charge in [0.1, 0.15) is 12.0 Å². The van der Waals surface area contributed by atoms with Crippen LogP contribution in [0.1, 0.15) is 12.0 Å². The highest BCUT2D eigenvalue weighted by molar-refractivity contribution is 6.30. The lowest BCUT2D eigenvalue weighted by Gasteiger charge is -2.17. The van der Waals surface area contributed by atoms with Crippen LogP contribution in [0, 0.1) is 10.1 Å². The van der Waals surface area contributed by atoms with Crippen LogP contribution in [0.25, 0.3) is 0 Å². The van der Waals surface area contributed by atoms with Gasteiger partial charge in [-0.1, -0.05) is 23.7 Å². The van der Waals surface area contributed by atoms with Crippen LogP contribution in [0.3, 0.4) is 0 Å². The van der Waals surface area contributed by atoms with Crippen LogP contribution in [0.15, 0.2) is 42.6 Å². The molecule has 0 saturated carbocycles. The number of nitro groups is 1. The van der Waals surface area contributed by atoms with Crippen LogP contribution in [-0.2, 0) is 6.54 Å². The molecule has 1 aromatic heterocycles. The molecule has 0 radical (unpaired) electrons. The number of nitrogens with zero attached hydrogens (tertiary/aromatic N) is 3. The van der Waals surface area contributed by atoms with E-state index in [2.05, 4.69) is 15.2 Å². The van der Waals surface area contributed by atoms with E-state index in [4.69, 9.17) is 11.6 Å². The molecular formula is C16H17ClN4O2. The topological polar surface area (TPSA) is 71.3 Å².